The SMILES string of the molecule is CCCS(=O)(=O)c1ccc(NC2CCCC2C)cc1. The van der Waals surface area contributed by atoms with E-state index in [0.717, 1.165) is 5.69 Å². The molecule has 2 atom stereocenters. The number of anilines is 1. The first-order valence-corrected chi connectivity index (χ1v) is 8.77. The summed E-state index contributed by atoms with van der Waals surface area (Å²) in [5, 5.41) is 3.51. The lowest BCUT2D eigenvalue weighted by molar-refractivity contribution is 0.556. The van der Waals surface area contributed by atoms with Crippen molar-refractivity contribution >= 4 is 15.5 Å². The van der Waals surface area contributed by atoms with Crippen molar-refractivity contribution in [2.24, 2.45) is 5.92 Å². The van der Waals surface area contributed by atoms with Crippen LogP contribution in [0.4, 0.5) is 5.69 Å². The second-order valence-corrected chi connectivity index (χ2v) is 7.61. The van der Waals surface area contributed by atoms with Crippen molar-refractivity contribution in [3.63, 3.8) is 0 Å². The third kappa shape index (κ3) is 3.50. The minimum absolute atomic E-state index is 0.222. The van der Waals surface area contributed by atoms with Crippen LogP contribution in [-0.4, -0.2) is 20.2 Å². The topological polar surface area (TPSA) is 46.2 Å². The summed E-state index contributed by atoms with van der Waals surface area (Å²) in [7, 11) is -3.09. The van der Waals surface area contributed by atoms with Crippen LogP contribution >= 0.6 is 0 Å². The van der Waals surface area contributed by atoms with Gasteiger partial charge in [-0.15, -0.1) is 0 Å². The minimum atomic E-state index is -3.09. The Kier molecular flexibility index (Phi) is 4.50. The van der Waals surface area contributed by atoms with Crippen molar-refractivity contribution in [1.29, 1.82) is 0 Å². The molecule has 2 rings (SSSR count). The van der Waals surface area contributed by atoms with Gasteiger partial charge >= 0.3 is 0 Å². The molecule has 1 saturated carbocycles. The highest BCUT2D eigenvalue weighted by Crippen LogP contribution is 2.28. The molecule has 1 aliphatic carbocycles. The number of nitrogens with one attached hydrogen (secondary N) is 1. The van der Waals surface area contributed by atoms with E-state index in [9.17, 15) is 8.42 Å². The first-order chi connectivity index (χ1) is 9.03. The Hall–Kier alpha value is -1.03. The van der Waals surface area contributed by atoms with Gasteiger partial charge in [0, 0.05) is 11.7 Å². The molecule has 0 heterocycles. The fraction of sp³-hybridized carbons (Fsp3) is 0.600. The zero-order valence-corrected chi connectivity index (χ0v) is 12.5. The molecule has 0 spiro atoms. The van der Waals surface area contributed by atoms with Crippen LogP contribution in [0.5, 0.6) is 0 Å². The van der Waals surface area contributed by atoms with Crippen molar-refractivity contribution in [2.75, 3.05) is 11.1 Å². The van der Waals surface area contributed by atoms with E-state index < -0.39 is 9.84 Å². The molecule has 4 heteroatoms. The van der Waals surface area contributed by atoms with Crippen molar-refractivity contribution in [2.45, 2.75) is 50.5 Å². The lowest BCUT2D eigenvalue weighted by Gasteiger charge is -2.18. The number of hydrogen-bond acceptors (Lipinski definition) is 3. The van der Waals surface area contributed by atoms with Crippen LogP contribution in [0.25, 0.3) is 0 Å². The number of hydrogen-bond donors (Lipinski definition) is 1. The third-order valence-electron chi connectivity index (χ3n) is 3.90. The fourth-order valence-corrected chi connectivity index (χ4v) is 4.04. The zero-order valence-electron chi connectivity index (χ0n) is 11.7. The van der Waals surface area contributed by atoms with Crippen LogP contribution in [0.15, 0.2) is 29.2 Å². The van der Waals surface area contributed by atoms with Gasteiger partial charge < -0.3 is 5.32 Å². The lowest BCUT2D eigenvalue weighted by atomic mass is 10.1. The second kappa shape index (κ2) is 5.95. The van der Waals surface area contributed by atoms with E-state index in [1.54, 1.807) is 12.1 Å². The first kappa shape index (κ1) is 14.4. The Balaban J connectivity index is 2.06. The molecule has 0 aliphatic heterocycles. The first-order valence-electron chi connectivity index (χ1n) is 7.12. The highest BCUT2D eigenvalue weighted by atomic mass is 32.2. The van der Waals surface area contributed by atoms with Crippen molar-refractivity contribution in [3.8, 4) is 0 Å². The second-order valence-electron chi connectivity index (χ2n) is 5.50. The summed E-state index contributed by atoms with van der Waals surface area (Å²) in [6.07, 6.45) is 4.42. The molecular formula is C15H23NO2S. The summed E-state index contributed by atoms with van der Waals surface area (Å²) in [5.74, 6) is 0.919. The maximum absolute atomic E-state index is 11.9. The molecule has 0 bridgehead atoms. The van der Waals surface area contributed by atoms with E-state index in [-0.39, 0.29) is 5.75 Å². The van der Waals surface area contributed by atoms with Gasteiger partial charge in [-0.3, -0.25) is 0 Å². The highest BCUT2D eigenvalue weighted by molar-refractivity contribution is 7.91. The molecule has 106 valence electrons. The number of sulfone groups is 1. The molecule has 0 aromatic heterocycles. The maximum atomic E-state index is 11.9. The zero-order chi connectivity index (χ0) is 13.9. The molecule has 1 aromatic rings. The Morgan fingerprint density at radius 1 is 1.21 bits per heavy atom. The molecule has 19 heavy (non-hydrogen) atoms. The number of rotatable bonds is 5. The molecule has 1 N–H and O–H groups in total. The average molecular weight is 281 g/mol. The lowest BCUT2D eigenvalue weighted by Crippen LogP contribution is -2.21. The Morgan fingerprint density at radius 2 is 1.89 bits per heavy atom. The summed E-state index contributed by atoms with van der Waals surface area (Å²) in [6, 6.07) is 7.72. The van der Waals surface area contributed by atoms with Gasteiger partial charge in [-0.05, 0) is 49.4 Å². The van der Waals surface area contributed by atoms with Gasteiger partial charge in [-0.2, -0.15) is 0 Å². The van der Waals surface area contributed by atoms with E-state index in [1.165, 1.54) is 19.3 Å². The molecule has 1 fully saturated rings. The van der Waals surface area contributed by atoms with Crippen LogP contribution in [0, 0.1) is 5.92 Å². The standard InChI is InChI=1S/C15H23NO2S/c1-3-11-19(17,18)14-9-7-13(8-10-14)16-15-6-4-5-12(15)2/h7-10,12,15-16H,3-6,11H2,1-2H3. The number of benzene rings is 1. The smallest absolute Gasteiger partial charge is 0.178 e. The van der Waals surface area contributed by atoms with Gasteiger partial charge in [0.15, 0.2) is 9.84 Å². The van der Waals surface area contributed by atoms with Gasteiger partial charge in [-0.25, -0.2) is 8.42 Å². The van der Waals surface area contributed by atoms with Gasteiger partial charge in [-0.1, -0.05) is 20.3 Å². The van der Waals surface area contributed by atoms with Crippen LogP contribution in [0.1, 0.15) is 39.5 Å². The minimum Gasteiger partial charge on any atom is -0.382 e. The Bertz CT molecular complexity index is 507. The van der Waals surface area contributed by atoms with Crippen molar-refractivity contribution in [1.82, 2.24) is 0 Å². The summed E-state index contributed by atoms with van der Waals surface area (Å²) in [4.78, 5) is 0.430. The van der Waals surface area contributed by atoms with Crippen LogP contribution in [-0.2, 0) is 9.84 Å². The van der Waals surface area contributed by atoms with Crippen molar-refractivity contribution < 1.29 is 8.42 Å². The molecule has 1 aliphatic rings. The molecule has 1 aromatic carbocycles. The van der Waals surface area contributed by atoms with Crippen LogP contribution < -0.4 is 5.32 Å². The summed E-state index contributed by atoms with van der Waals surface area (Å²) < 4.78 is 23.8. The average Bonchev–Trinajstić information content (AvgIpc) is 2.76. The molecule has 0 saturated heterocycles. The van der Waals surface area contributed by atoms with Crippen LogP contribution in [0.3, 0.4) is 0 Å². The predicted molar refractivity (Wildman–Crippen MR) is 79.2 cm³/mol. The fourth-order valence-electron chi connectivity index (χ4n) is 2.72. The molecular weight excluding hydrogens is 258 g/mol. The van der Waals surface area contributed by atoms with E-state index >= 15 is 0 Å². The molecule has 0 radical (unpaired) electrons. The molecule has 0 amide bonds. The van der Waals surface area contributed by atoms with Gasteiger partial charge in [0.1, 0.15) is 0 Å². The van der Waals surface area contributed by atoms with E-state index in [2.05, 4.69) is 12.2 Å². The Morgan fingerprint density at radius 3 is 2.42 bits per heavy atom. The van der Waals surface area contributed by atoms with Crippen molar-refractivity contribution in [3.05, 3.63) is 24.3 Å². The maximum Gasteiger partial charge on any atom is 0.178 e. The largest absolute Gasteiger partial charge is 0.382 e. The normalized spacial score (nSPS) is 23.5. The molecule has 3 nitrogen and oxygen atoms in total. The van der Waals surface area contributed by atoms with Gasteiger partial charge in [0.05, 0.1) is 10.6 Å². The highest BCUT2D eigenvalue weighted by Gasteiger charge is 2.23. The van der Waals surface area contributed by atoms with Gasteiger partial charge in [0.25, 0.3) is 0 Å². The van der Waals surface area contributed by atoms with Gasteiger partial charge in [0.2, 0.25) is 0 Å². The monoisotopic (exact) mass is 281 g/mol. The van der Waals surface area contributed by atoms with E-state index in [1.807, 2.05) is 19.1 Å². The summed E-state index contributed by atoms with van der Waals surface area (Å²) in [6.45, 7) is 4.15. The third-order valence-corrected chi connectivity index (χ3v) is 5.84. The molecule has 2 unspecified atom stereocenters. The quantitative estimate of drug-likeness (QED) is 0.899. The van der Waals surface area contributed by atoms with E-state index in [0.29, 0.717) is 23.3 Å². The Labute approximate surface area is 116 Å². The van der Waals surface area contributed by atoms with E-state index in [4.69, 9.17) is 0 Å². The predicted octanol–water partition coefficient (Wildman–Crippen LogP) is 3.47. The summed E-state index contributed by atoms with van der Waals surface area (Å²) in [5.41, 5.74) is 1.02. The van der Waals surface area contributed by atoms with Crippen LogP contribution in [0.2, 0.25) is 0 Å². The summed E-state index contributed by atoms with van der Waals surface area (Å²) >= 11 is 0.